The van der Waals surface area contributed by atoms with E-state index in [4.69, 9.17) is 0 Å². The van der Waals surface area contributed by atoms with Crippen molar-refractivity contribution in [2.75, 3.05) is 31.4 Å². The van der Waals surface area contributed by atoms with Gasteiger partial charge < -0.3 is 10.2 Å². The van der Waals surface area contributed by atoms with E-state index in [1.807, 2.05) is 26.0 Å². The zero-order valence-electron chi connectivity index (χ0n) is 8.93. The highest BCUT2D eigenvalue weighted by Gasteiger charge is 2.10. The fourth-order valence-corrected chi connectivity index (χ4v) is 1.74. The molecule has 5 heteroatoms. The van der Waals surface area contributed by atoms with Crippen molar-refractivity contribution in [1.82, 2.24) is 9.97 Å². The molecule has 0 bridgehead atoms. The van der Waals surface area contributed by atoms with E-state index in [-0.39, 0.29) is 0 Å². The number of rotatable bonds is 3. The molecule has 0 fully saturated rings. The fourth-order valence-electron chi connectivity index (χ4n) is 1.08. The Morgan fingerprint density at radius 3 is 2.43 bits per heavy atom. The first-order valence-corrected chi connectivity index (χ1v) is 5.31. The molecular formula is C9H15BrN4. The summed E-state index contributed by atoms with van der Waals surface area (Å²) in [5, 5.41) is 3.04. The standard InChI is InChI=1S/C9H15BrN4/c1-5-6-7(10)8(11-2)13-9(12-6)14(3)4/h5H2,1-4H3,(H,11,12,13). The summed E-state index contributed by atoms with van der Waals surface area (Å²) in [5.74, 6) is 1.56. The van der Waals surface area contributed by atoms with Crippen LogP contribution in [0, 0.1) is 0 Å². The van der Waals surface area contributed by atoms with Crippen LogP contribution in [0.15, 0.2) is 4.47 Å². The van der Waals surface area contributed by atoms with Crippen molar-refractivity contribution in [2.24, 2.45) is 0 Å². The number of halogens is 1. The molecule has 1 aromatic rings. The highest BCUT2D eigenvalue weighted by molar-refractivity contribution is 9.10. The molecule has 14 heavy (non-hydrogen) atoms. The van der Waals surface area contributed by atoms with E-state index in [0.29, 0.717) is 0 Å². The predicted octanol–water partition coefficient (Wildman–Crippen LogP) is 1.91. The molecule has 0 aromatic carbocycles. The summed E-state index contributed by atoms with van der Waals surface area (Å²) in [5.41, 5.74) is 1.02. The lowest BCUT2D eigenvalue weighted by Crippen LogP contribution is -2.15. The van der Waals surface area contributed by atoms with Gasteiger partial charge in [-0.3, -0.25) is 0 Å². The van der Waals surface area contributed by atoms with Crippen molar-refractivity contribution in [3.05, 3.63) is 10.2 Å². The van der Waals surface area contributed by atoms with Gasteiger partial charge in [-0.1, -0.05) is 6.92 Å². The lowest BCUT2D eigenvalue weighted by Gasteiger charge is -2.14. The molecule has 0 radical (unpaired) electrons. The fraction of sp³-hybridized carbons (Fsp3) is 0.556. The van der Waals surface area contributed by atoms with Crippen LogP contribution in [0.1, 0.15) is 12.6 Å². The van der Waals surface area contributed by atoms with Crippen LogP contribution < -0.4 is 10.2 Å². The van der Waals surface area contributed by atoms with Gasteiger partial charge in [0, 0.05) is 21.1 Å². The molecule has 78 valence electrons. The number of nitrogens with zero attached hydrogens (tertiary/aromatic N) is 3. The molecule has 1 aromatic heterocycles. The van der Waals surface area contributed by atoms with Crippen LogP contribution >= 0.6 is 15.9 Å². The van der Waals surface area contributed by atoms with Gasteiger partial charge in [0.25, 0.3) is 0 Å². The van der Waals surface area contributed by atoms with Crippen LogP contribution in [-0.4, -0.2) is 31.1 Å². The number of anilines is 2. The Morgan fingerprint density at radius 1 is 1.36 bits per heavy atom. The Balaban J connectivity index is 3.25. The normalized spacial score (nSPS) is 10.1. The maximum Gasteiger partial charge on any atom is 0.227 e. The van der Waals surface area contributed by atoms with Crippen LogP contribution in [-0.2, 0) is 6.42 Å². The third-order valence-electron chi connectivity index (χ3n) is 1.88. The Kier molecular flexibility index (Phi) is 3.69. The van der Waals surface area contributed by atoms with Crippen molar-refractivity contribution < 1.29 is 0 Å². The second kappa shape index (κ2) is 4.59. The quantitative estimate of drug-likeness (QED) is 0.900. The van der Waals surface area contributed by atoms with Gasteiger partial charge in [-0.15, -0.1) is 0 Å². The molecule has 0 aliphatic heterocycles. The number of aryl methyl sites for hydroxylation is 1. The molecule has 1 rings (SSSR count). The number of hydrogen-bond donors (Lipinski definition) is 1. The van der Waals surface area contributed by atoms with Gasteiger partial charge >= 0.3 is 0 Å². The van der Waals surface area contributed by atoms with Crippen molar-refractivity contribution >= 4 is 27.7 Å². The molecule has 0 saturated heterocycles. The lowest BCUT2D eigenvalue weighted by molar-refractivity contribution is 0.932. The second-order valence-electron chi connectivity index (χ2n) is 3.13. The van der Waals surface area contributed by atoms with Gasteiger partial charge in [0.05, 0.1) is 10.2 Å². The third-order valence-corrected chi connectivity index (χ3v) is 2.71. The number of aromatic nitrogens is 2. The van der Waals surface area contributed by atoms with Crippen LogP contribution in [0.3, 0.4) is 0 Å². The van der Waals surface area contributed by atoms with Crippen molar-refractivity contribution in [3.8, 4) is 0 Å². The van der Waals surface area contributed by atoms with E-state index < -0.39 is 0 Å². The van der Waals surface area contributed by atoms with Gasteiger partial charge in [-0.05, 0) is 22.4 Å². The molecule has 1 N–H and O–H groups in total. The van der Waals surface area contributed by atoms with E-state index in [2.05, 4.69) is 38.1 Å². The minimum Gasteiger partial charge on any atom is -0.372 e. The molecule has 0 aliphatic carbocycles. The third kappa shape index (κ3) is 2.15. The summed E-state index contributed by atoms with van der Waals surface area (Å²) in [6, 6.07) is 0. The first-order chi connectivity index (χ1) is 6.60. The monoisotopic (exact) mass is 258 g/mol. The highest BCUT2D eigenvalue weighted by Crippen LogP contribution is 2.25. The lowest BCUT2D eigenvalue weighted by atomic mass is 10.3. The summed E-state index contributed by atoms with van der Waals surface area (Å²) >= 11 is 3.48. The van der Waals surface area contributed by atoms with Crippen molar-refractivity contribution in [1.29, 1.82) is 0 Å². The number of hydrogen-bond acceptors (Lipinski definition) is 4. The number of nitrogens with one attached hydrogen (secondary N) is 1. The highest BCUT2D eigenvalue weighted by atomic mass is 79.9. The topological polar surface area (TPSA) is 41.1 Å². The predicted molar refractivity (Wildman–Crippen MR) is 63.0 cm³/mol. The van der Waals surface area contributed by atoms with Crippen LogP contribution in [0.5, 0.6) is 0 Å². The largest absolute Gasteiger partial charge is 0.372 e. The summed E-state index contributed by atoms with van der Waals surface area (Å²) in [6.45, 7) is 2.08. The average molecular weight is 259 g/mol. The molecule has 0 aliphatic rings. The molecule has 0 atom stereocenters. The molecule has 4 nitrogen and oxygen atoms in total. The Morgan fingerprint density at radius 2 is 2.00 bits per heavy atom. The van der Waals surface area contributed by atoms with Crippen LogP contribution in [0.2, 0.25) is 0 Å². The van der Waals surface area contributed by atoms with Crippen molar-refractivity contribution in [3.63, 3.8) is 0 Å². The van der Waals surface area contributed by atoms with E-state index in [1.165, 1.54) is 0 Å². The van der Waals surface area contributed by atoms with Gasteiger partial charge in [-0.25, -0.2) is 4.98 Å². The zero-order valence-corrected chi connectivity index (χ0v) is 10.5. The molecule has 0 amide bonds. The summed E-state index contributed by atoms with van der Waals surface area (Å²) < 4.78 is 0.952. The van der Waals surface area contributed by atoms with Gasteiger partial charge in [0.1, 0.15) is 5.82 Å². The van der Waals surface area contributed by atoms with Gasteiger partial charge in [0.2, 0.25) is 5.95 Å². The van der Waals surface area contributed by atoms with E-state index >= 15 is 0 Å². The SMILES string of the molecule is CCc1nc(N(C)C)nc(NC)c1Br. The molecule has 0 spiro atoms. The zero-order chi connectivity index (χ0) is 10.7. The first-order valence-electron chi connectivity index (χ1n) is 4.51. The van der Waals surface area contributed by atoms with Crippen LogP contribution in [0.25, 0.3) is 0 Å². The maximum atomic E-state index is 4.43. The minimum absolute atomic E-state index is 0.731. The minimum atomic E-state index is 0.731. The molecule has 1 heterocycles. The Bertz CT molecular complexity index is 300. The van der Waals surface area contributed by atoms with Gasteiger partial charge in [-0.2, -0.15) is 4.98 Å². The average Bonchev–Trinajstić information content (AvgIpc) is 2.17. The summed E-state index contributed by atoms with van der Waals surface area (Å²) in [4.78, 5) is 10.7. The van der Waals surface area contributed by atoms with Crippen LogP contribution in [0.4, 0.5) is 11.8 Å². The molecule has 0 saturated carbocycles. The Labute approximate surface area is 92.9 Å². The molecule has 0 unspecified atom stereocenters. The maximum absolute atomic E-state index is 4.43. The van der Waals surface area contributed by atoms with E-state index in [0.717, 1.165) is 28.4 Å². The molecular weight excluding hydrogens is 244 g/mol. The second-order valence-corrected chi connectivity index (χ2v) is 3.92. The van der Waals surface area contributed by atoms with E-state index in [9.17, 15) is 0 Å². The van der Waals surface area contributed by atoms with Gasteiger partial charge in [0.15, 0.2) is 0 Å². The summed E-state index contributed by atoms with van der Waals surface area (Å²) in [6.07, 6.45) is 0.888. The first kappa shape index (κ1) is 11.2. The summed E-state index contributed by atoms with van der Waals surface area (Å²) in [7, 11) is 5.72. The van der Waals surface area contributed by atoms with Crippen molar-refractivity contribution in [2.45, 2.75) is 13.3 Å². The van der Waals surface area contributed by atoms with E-state index in [1.54, 1.807) is 0 Å². The Hall–Kier alpha value is -0.840. The smallest absolute Gasteiger partial charge is 0.227 e.